The van der Waals surface area contributed by atoms with E-state index >= 15 is 0 Å². The quantitative estimate of drug-likeness (QED) is 0.747. The van der Waals surface area contributed by atoms with Gasteiger partial charge in [-0.15, -0.1) is 11.8 Å². The van der Waals surface area contributed by atoms with Crippen LogP contribution in [0.2, 0.25) is 0 Å². The molecule has 1 atom stereocenters. The first-order valence-corrected chi connectivity index (χ1v) is 5.37. The minimum Gasteiger partial charge on any atom is -0.324 e. The predicted molar refractivity (Wildman–Crippen MR) is 65.5 cm³/mol. The summed E-state index contributed by atoms with van der Waals surface area (Å²) in [5.41, 5.74) is 9.93. The standard InChI is InChI=1S/C14H19N/c1-4-5-6-7-14(15)13-9-8-11(2)12(3)10-13/h8-10,14H,6-7,15H2,1-3H3. The first-order valence-electron chi connectivity index (χ1n) is 5.37. The summed E-state index contributed by atoms with van der Waals surface area (Å²) in [4.78, 5) is 0. The van der Waals surface area contributed by atoms with Gasteiger partial charge in [0.05, 0.1) is 0 Å². The summed E-state index contributed by atoms with van der Waals surface area (Å²) >= 11 is 0. The summed E-state index contributed by atoms with van der Waals surface area (Å²) in [6, 6.07) is 6.55. The molecule has 0 spiro atoms. The largest absolute Gasteiger partial charge is 0.324 e. The van der Waals surface area contributed by atoms with Crippen LogP contribution in [0.3, 0.4) is 0 Å². The third-order valence-corrected chi connectivity index (χ3v) is 2.72. The van der Waals surface area contributed by atoms with Crippen molar-refractivity contribution in [3.05, 3.63) is 34.9 Å². The van der Waals surface area contributed by atoms with Crippen LogP contribution in [0.4, 0.5) is 0 Å². The molecule has 0 heterocycles. The van der Waals surface area contributed by atoms with Crippen LogP contribution in [0.15, 0.2) is 18.2 Å². The highest BCUT2D eigenvalue weighted by molar-refractivity contribution is 5.31. The summed E-state index contributed by atoms with van der Waals surface area (Å²) in [7, 11) is 0. The Hall–Kier alpha value is -1.26. The van der Waals surface area contributed by atoms with Crippen molar-refractivity contribution < 1.29 is 0 Å². The number of rotatable bonds is 3. The molecular weight excluding hydrogens is 182 g/mol. The predicted octanol–water partition coefficient (Wildman–Crippen LogP) is 3.11. The van der Waals surface area contributed by atoms with Crippen LogP contribution in [-0.2, 0) is 0 Å². The van der Waals surface area contributed by atoms with E-state index in [1.165, 1.54) is 16.7 Å². The first-order chi connectivity index (χ1) is 7.15. The highest BCUT2D eigenvalue weighted by Gasteiger charge is 2.05. The van der Waals surface area contributed by atoms with E-state index in [9.17, 15) is 0 Å². The lowest BCUT2D eigenvalue weighted by Gasteiger charge is -2.12. The van der Waals surface area contributed by atoms with Crippen molar-refractivity contribution in [1.82, 2.24) is 0 Å². The molecule has 0 aliphatic carbocycles. The van der Waals surface area contributed by atoms with Crippen LogP contribution >= 0.6 is 0 Å². The lowest BCUT2D eigenvalue weighted by Crippen LogP contribution is -2.10. The molecule has 1 rings (SSSR count). The van der Waals surface area contributed by atoms with Crippen LogP contribution in [0, 0.1) is 25.7 Å². The normalized spacial score (nSPS) is 11.7. The van der Waals surface area contributed by atoms with Crippen LogP contribution in [-0.4, -0.2) is 0 Å². The molecule has 0 fully saturated rings. The highest BCUT2D eigenvalue weighted by Crippen LogP contribution is 2.18. The second-order valence-corrected chi connectivity index (χ2v) is 3.92. The molecule has 15 heavy (non-hydrogen) atoms. The average molecular weight is 201 g/mol. The maximum absolute atomic E-state index is 6.09. The Morgan fingerprint density at radius 1 is 1.27 bits per heavy atom. The number of hydrogen-bond acceptors (Lipinski definition) is 1. The fourth-order valence-corrected chi connectivity index (χ4v) is 1.51. The van der Waals surface area contributed by atoms with Gasteiger partial charge in [-0.1, -0.05) is 18.2 Å². The third kappa shape index (κ3) is 3.42. The molecule has 1 nitrogen and oxygen atoms in total. The highest BCUT2D eigenvalue weighted by atomic mass is 14.6. The van der Waals surface area contributed by atoms with Crippen molar-refractivity contribution in [1.29, 1.82) is 0 Å². The average Bonchev–Trinajstić information content (AvgIpc) is 2.22. The molecular formula is C14H19N. The van der Waals surface area contributed by atoms with Crippen molar-refractivity contribution >= 4 is 0 Å². The number of hydrogen-bond donors (Lipinski definition) is 1. The molecule has 0 saturated carbocycles. The van der Waals surface area contributed by atoms with Crippen molar-refractivity contribution in [3.8, 4) is 11.8 Å². The van der Waals surface area contributed by atoms with Gasteiger partial charge >= 0.3 is 0 Å². The van der Waals surface area contributed by atoms with Crippen molar-refractivity contribution in [2.75, 3.05) is 0 Å². The second kappa shape index (κ2) is 5.58. The van der Waals surface area contributed by atoms with Gasteiger partial charge in [0.25, 0.3) is 0 Å². The Kier molecular flexibility index (Phi) is 4.39. The van der Waals surface area contributed by atoms with E-state index < -0.39 is 0 Å². The fraction of sp³-hybridized carbons (Fsp3) is 0.429. The monoisotopic (exact) mass is 201 g/mol. The summed E-state index contributed by atoms with van der Waals surface area (Å²) < 4.78 is 0. The van der Waals surface area contributed by atoms with E-state index in [1.807, 2.05) is 6.92 Å². The van der Waals surface area contributed by atoms with Crippen molar-refractivity contribution in [3.63, 3.8) is 0 Å². The molecule has 0 aliphatic rings. The number of nitrogens with two attached hydrogens (primary N) is 1. The van der Waals surface area contributed by atoms with Gasteiger partial charge in [-0.05, 0) is 43.9 Å². The van der Waals surface area contributed by atoms with Gasteiger partial charge in [-0.2, -0.15) is 0 Å². The Morgan fingerprint density at radius 3 is 2.60 bits per heavy atom. The summed E-state index contributed by atoms with van der Waals surface area (Å²) in [5.74, 6) is 5.93. The molecule has 1 unspecified atom stereocenters. The molecule has 0 bridgehead atoms. The first kappa shape index (κ1) is 11.8. The molecule has 0 amide bonds. The summed E-state index contributed by atoms with van der Waals surface area (Å²) in [5, 5.41) is 0. The Morgan fingerprint density at radius 2 is 2.00 bits per heavy atom. The molecule has 0 aromatic heterocycles. The van der Waals surface area contributed by atoms with E-state index in [-0.39, 0.29) is 6.04 Å². The lowest BCUT2D eigenvalue weighted by molar-refractivity contribution is 0.667. The molecule has 1 aromatic carbocycles. The maximum atomic E-state index is 6.09. The molecule has 1 aromatic rings. The molecule has 0 saturated heterocycles. The fourth-order valence-electron chi connectivity index (χ4n) is 1.51. The number of benzene rings is 1. The van der Waals surface area contributed by atoms with Crippen LogP contribution in [0.5, 0.6) is 0 Å². The van der Waals surface area contributed by atoms with Gasteiger partial charge in [0.1, 0.15) is 0 Å². The van der Waals surface area contributed by atoms with Crippen molar-refractivity contribution in [2.24, 2.45) is 5.73 Å². The minimum atomic E-state index is 0.116. The van der Waals surface area contributed by atoms with Crippen molar-refractivity contribution in [2.45, 2.75) is 39.7 Å². The van der Waals surface area contributed by atoms with E-state index in [4.69, 9.17) is 5.73 Å². The second-order valence-electron chi connectivity index (χ2n) is 3.92. The van der Waals surface area contributed by atoms with Gasteiger partial charge in [0, 0.05) is 12.5 Å². The lowest BCUT2D eigenvalue weighted by atomic mass is 9.99. The van der Waals surface area contributed by atoms with Gasteiger partial charge < -0.3 is 5.73 Å². The van der Waals surface area contributed by atoms with Gasteiger partial charge in [-0.3, -0.25) is 0 Å². The topological polar surface area (TPSA) is 26.0 Å². The van der Waals surface area contributed by atoms with E-state index in [1.54, 1.807) is 0 Å². The Balaban J connectivity index is 2.68. The van der Waals surface area contributed by atoms with Gasteiger partial charge in [-0.25, -0.2) is 0 Å². The molecule has 0 aliphatic heterocycles. The minimum absolute atomic E-state index is 0.116. The molecule has 0 radical (unpaired) electrons. The zero-order chi connectivity index (χ0) is 11.3. The zero-order valence-corrected chi connectivity index (χ0v) is 9.80. The Labute approximate surface area is 92.7 Å². The Bertz CT molecular complexity index is 382. The molecule has 2 N–H and O–H groups in total. The smallest absolute Gasteiger partial charge is 0.0304 e. The molecule has 80 valence electrons. The van der Waals surface area contributed by atoms with Crippen LogP contribution < -0.4 is 5.73 Å². The van der Waals surface area contributed by atoms with Crippen LogP contribution in [0.1, 0.15) is 42.5 Å². The van der Waals surface area contributed by atoms with Crippen LogP contribution in [0.25, 0.3) is 0 Å². The van der Waals surface area contributed by atoms with E-state index in [2.05, 4.69) is 43.9 Å². The van der Waals surface area contributed by atoms with Gasteiger partial charge in [0.2, 0.25) is 0 Å². The maximum Gasteiger partial charge on any atom is 0.0304 e. The van der Waals surface area contributed by atoms with E-state index in [0.29, 0.717) is 0 Å². The number of aryl methyl sites for hydroxylation is 2. The SMILES string of the molecule is CC#CCCC(N)c1ccc(C)c(C)c1. The van der Waals surface area contributed by atoms with Gasteiger partial charge in [0.15, 0.2) is 0 Å². The summed E-state index contributed by atoms with van der Waals surface area (Å²) in [6.45, 7) is 6.10. The molecule has 1 heteroatoms. The third-order valence-electron chi connectivity index (χ3n) is 2.72. The summed E-state index contributed by atoms with van der Waals surface area (Å²) in [6.07, 6.45) is 1.81. The zero-order valence-electron chi connectivity index (χ0n) is 9.80. The van der Waals surface area contributed by atoms with E-state index in [0.717, 1.165) is 12.8 Å².